The Kier molecular flexibility index (Phi) is 8.14. The fraction of sp³-hybridized carbons (Fsp3) is 0.519. The molecule has 2 aromatic rings. The number of nitrogens with zero attached hydrogens (tertiary/aromatic N) is 2. The van der Waals surface area contributed by atoms with E-state index in [0.717, 1.165) is 78.0 Å². The lowest BCUT2D eigenvalue weighted by Gasteiger charge is -2.32. The highest BCUT2D eigenvalue weighted by molar-refractivity contribution is 5.76. The first-order valence-corrected chi connectivity index (χ1v) is 12.0. The summed E-state index contributed by atoms with van der Waals surface area (Å²) in [5, 5.41) is 0. The maximum atomic E-state index is 12.6. The molecule has 0 spiro atoms. The number of aryl methyl sites for hydroxylation is 1. The van der Waals surface area contributed by atoms with Crippen molar-refractivity contribution < 1.29 is 9.53 Å². The molecule has 0 aromatic heterocycles. The largest absolute Gasteiger partial charge is 0.379 e. The molecule has 0 saturated carbocycles. The summed E-state index contributed by atoms with van der Waals surface area (Å²) < 4.78 is 5.43. The van der Waals surface area contributed by atoms with Gasteiger partial charge in [0.1, 0.15) is 0 Å². The van der Waals surface area contributed by atoms with Crippen LogP contribution in [0.25, 0.3) is 0 Å². The van der Waals surface area contributed by atoms with E-state index in [-0.39, 0.29) is 0 Å². The van der Waals surface area contributed by atoms with E-state index in [0.29, 0.717) is 18.2 Å². The molecule has 0 aliphatic carbocycles. The number of benzene rings is 2. The maximum absolute atomic E-state index is 12.6. The molecule has 2 fully saturated rings. The van der Waals surface area contributed by atoms with Crippen molar-refractivity contribution in [2.24, 2.45) is 5.92 Å². The SMILES string of the molecule is O=C(CCCc1ccccc1)N1CCC(Cc2ccc(CN3CCOCC3)cc2)CC1. The van der Waals surface area contributed by atoms with Crippen molar-refractivity contribution in [3.8, 4) is 0 Å². The van der Waals surface area contributed by atoms with Crippen LogP contribution in [0.15, 0.2) is 54.6 Å². The van der Waals surface area contributed by atoms with Crippen molar-refractivity contribution in [1.82, 2.24) is 9.80 Å². The molecule has 2 aliphatic rings. The summed E-state index contributed by atoms with van der Waals surface area (Å²) in [7, 11) is 0. The summed E-state index contributed by atoms with van der Waals surface area (Å²) in [6.07, 6.45) is 5.99. The number of piperidine rings is 1. The number of likely N-dealkylation sites (tertiary alicyclic amines) is 1. The van der Waals surface area contributed by atoms with Crippen LogP contribution in [0.4, 0.5) is 0 Å². The molecule has 2 heterocycles. The molecule has 4 nitrogen and oxygen atoms in total. The Morgan fingerprint density at radius 3 is 2.23 bits per heavy atom. The number of ether oxygens (including phenoxy) is 1. The highest BCUT2D eigenvalue weighted by Crippen LogP contribution is 2.23. The number of carbonyl (C=O) groups is 1. The van der Waals surface area contributed by atoms with Crippen LogP contribution < -0.4 is 0 Å². The summed E-state index contributed by atoms with van der Waals surface area (Å²) in [4.78, 5) is 17.1. The first-order valence-electron chi connectivity index (χ1n) is 12.0. The van der Waals surface area contributed by atoms with Gasteiger partial charge < -0.3 is 9.64 Å². The fourth-order valence-corrected chi connectivity index (χ4v) is 4.76. The molecule has 0 atom stereocenters. The molecule has 0 radical (unpaired) electrons. The highest BCUT2D eigenvalue weighted by atomic mass is 16.5. The van der Waals surface area contributed by atoms with Crippen LogP contribution in [0.3, 0.4) is 0 Å². The van der Waals surface area contributed by atoms with Gasteiger partial charge >= 0.3 is 0 Å². The zero-order valence-corrected chi connectivity index (χ0v) is 18.7. The minimum absolute atomic E-state index is 0.335. The number of morpholine rings is 1. The quantitative estimate of drug-likeness (QED) is 0.638. The van der Waals surface area contributed by atoms with E-state index in [1.807, 2.05) is 6.07 Å². The molecular formula is C27H36N2O2. The van der Waals surface area contributed by atoms with Gasteiger partial charge in [-0.05, 0) is 54.7 Å². The fourth-order valence-electron chi connectivity index (χ4n) is 4.76. The standard InChI is InChI=1S/C27H36N2O2/c30-27(8-4-7-23-5-2-1-3-6-23)29-15-13-25(14-16-29)21-24-9-11-26(12-10-24)22-28-17-19-31-20-18-28/h1-3,5-6,9-12,25H,4,7-8,13-22H2. The van der Waals surface area contributed by atoms with Crippen LogP contribution in [-0.4, -0.2) is 55.1 Å². The van der Waals surface area contributed by atoms with Gasteiger partial charge in [0.05, 0.1) is 13.2 Å². The third-order valence-corrected chi connectivity index (χ3v) is 6.72. The van der Waals surface area contributed by atoms with Crippen molar-refractivity contribution in [3.63, 3.8) is 0 Å². The van der Waals surface area contributed by atoms with E-state index in [2.05, 4.69) is 58.3 Å². The van der Waals surface area contributed by atoms with Gasteiger partial charge in [0.2, 0.25) is 5.91 Å². The molecule has 31 heavy (non-hydrogen) atoms. The molecule has 4 heteroatoms. The third kappa shape index (κ3) is 6.91. The molecule has 0 bridgehead atoms. The summed E-state index contributed by atoms with van der Waals surface area (Å²) in [5.74, 6) is 1.03. The Morgan fingerprint density at radius 1 is 0.839 bits per heavy atom. The van der Waals surface area contributed by atoms with Gasteiger partial charge in [-0.1, -0.05) is 54.6 Å². The van der Waals surface area contributed by atoms with Crippen molar-refractivity contribution in [1.29, 1.82) is 0 Å². The first-order chi connectivity index (χ1) is 15.3. The number of amides is 1. The molecule has 2 aromatic carbocycles. The summed E-state index contributed by atoms with van der Waals surface area (Å²) in [6, 6.07) is 19.6. The molecule has 0 unspecified atom stereocenters. The number of rotatable bonds is 8. The van der Waals surface area contributed by atoms with Crippen LogP contribution >= 0.6 is 0 Å². The number of carbonyl (C=O) groups excluding carboxylic acids is 1. The monoisotopic (exact) mass is 420 g/mol. The highest BCUT2D eigenvalue weighted by Gasteiger charge is 2.22. The maximum Gasteiger partial charge on any atom is 0.222 e. The third-order valence-electron chi connectivity index (χ3n) is 6.72. The number of hydrogen-bond donors (Lipinski definition) is 0. The van der Waals surface area contributed by atoms with Gasteiger partial charge in [-0.15, -0.1) is 0 Å². The Hall–Kier alpha value is -2.17. The van der Waals surface area contributed by atoms with E-state index in [1.54, 1.807) is 0 Å². The van der Waals surface area contributed by atoms with E-state index in [4.69, 9.17) is 4.74 Å². The van der Waals surface area contributed by atoms with Crippen LogP contribution in [-0.2, 0) is 28.9 Å². The van der Waals surface area contributed by atoms with Crippen LogP contribution in [0, 0.1) is 5.92 Å². The summed E-state index contributed by atoms with van der Waals surface area (Å²) in [5.41, 5.74) is 4.14. The molecule has 2 saturated heterocycles. The van der Waals surface area contributed by atoms with Gasteiger partial charge in [-0.2, -0.15) is 0 Å². The molecule has 0 N–H and O–H groups in total. The molecule has 1 amide bonds. The van der Waals surface area contributed by atoms with E-state index < -0.39 is 0 Å². The molecule has 166 valence electrons. The van der Waals surface area contributed by atoms with E-state index >= 15 is 0 Å². The van der Waals surface area contributed by atoms with Crippen LogP contribution in [0.2, 0.25) is 0 Å². The van der Waals surface area contributed by atoms with Gasteiger partial charge in [-0.25, -0.2) is 0 Å². The van der Waals surface area contributed by atoms with Crippen LogP contribution in [0.1, 0.15) is 42.4 Å². The van der Waals surface area contributed by atoms with Crippen molar-refractivity contribution >= 4 is 5.91 Å². The second kappa shape index (κ2) is 11.4. The summed E-state index contributed by atoms with van der Waals surface area (Å²) in [6.45, 7) is 6.64. The van der Waals surface area contributed by atoms with Gasteiger partial charge in [0.25, 0.3) is 0 Å². The normalized spacial score (nSPS) is 18.3. The average Bonchev–Trinajstić information content (AvgIpc) is 2.82. The Labute approximate surface area is 187 Å². The lowest BCUT2D eigenvalue weighted by atomic mass is 9.89. The second-order valence-electron chi connectivity index (χ2n) is 9.07. The first kappa shape index (κ1) is 22.0. The lowest BCUT2D eigenvalue weighted by Crippen LogP contribution is -2.38. The Bertz CT molecular complexity index is 792. The Morgan fingerprint density at radius 2 is 1.52 bits per heavy atom. The van der Waals surface area contributed by atoms with Gasteiger partial charge in [-0.3, -0.25) is 9.69 Å². The smallest absolute Gasteiger partial charge is 0.222 e. The average molecular weight is 421 g/mol. The van der Waals surface area contributed by atoms with Crippen LogP contribution in [0.5, 0.6) is 0 Å². The lowest BCUT2D eigenvalue weighted by molar-refractivity contribution is -0.132. The van der Waals surface area contributed by atoms with Gasteiger partial charge in [0.15, 0.2) is 0 Å². The predicted octanol–water partition coefficient (Wildman–Crippen LogP) is 4.32. The van der Waals surface area contributed by atoms with Crippen molar-refractivity contribution in [2.45, 2.75) is 45.1 Å². The van der Waals surface area contributed by atoms with Gasteiger partial charge in [0, 0.05) is 39.1 Å². The Balaban J connectivity index is 1.15. The second-order valence-corrected chi connectivity index (χ2v) is 9.07. The van der Waals surface area contributed by atoms with E-state index in [1.165, 1.54) is 16.7 Å². The van der Waals surface area contributed by atoms with Crippen molar-refractivity contribution in [2.75, 3.05) is 39.4 Å². The minimum atomic E-state index is 0.335. The topological polar surface area (TPSA) is 32.8 Å². The van der Waals surface area contributed by atoms with Crippen molar-refractivity contribution in [3.05, 3.63) is 71.3 Å². The zero-order valence-electron chi connectivity index (χ0n) is 18.7. The van der Waals surface area contributed by atoms with E-state index in [9.17, 15) is 4.79 Å². The zero-order chi connectivity index (χ0) is 21.3. The molecule has 4 rings (SSSR count). The minimum Gasteiger partial charge on any atom is -0.379 e. The summed E-state index contributed by atoms with van der Waals surface area (Å²) >= 11 is 0. The molecular weight excluding hydrogens is 384 g/mol. The molecule has 2 aliphatic heterocycles. The predicted molar refractivity (Wildman–Crippen MR) is 125 cm³/mol. The number of hydrogen-bond acceptors (Lipinski definition) is 3.